The zero-order chi connectivity index (χ0) is 25.7. The normalized spacial score (nSPS) is 19.7. The summed E-state index contributed by atoms with van der Waals surface area (Å²) in [7, 11) is -1.15. The van der Waals surface area contributed by atoms with E-state index in [0.717, 1.165) is 35.8 Å². The monoisotopic (exact) mass is 504 g/mol. The number of carbonyl (C=O) groups is 1. The highest BCUT2D eigenvalue weighted by Crippen LogP contribution is 2.51. The van der Waals surface area contributed by atoms with E-state index in [1.165, 1.54) is 5.56 Å². The van der Waals surface area contributed by atoms with Crippen LogP contribution in [0.15, 0.2) is 30.7 Å². The lowest BCUT2D eigenvalue weighted by Crippen LogP contribution is -2.22. The molecular formula is C26H32N6O3Si. The van der Waals surface area contributed by atoms with Crippen molar-refractivity contribution in [3.05, 3.63) is 53.4 Å². The van der Waals surface area contributed by atoms with Gasteiger partial charge in [-0.25, -0.2) is 14.6 Å². The minimum absolute atomic E-state index is 0.223. The van der Waals surface area contributed by atoms with Crippen LogP contribution in [0.1, 0.15) is 59.2 Å². The Labute approximate surface area is 211 Å². The average Bonchev–Trinajstić information content (AvgIpc) is 3.38. The van der Waals surface area contributed by atoms with Crippen LogP contribution in [-0.2, 0) is 17.1 Å². The molecule has 2 aliphatic heterocycles. The van der Waals surface area contributed by atoms with Gasteiger partial charge in [-0.3, -0.25) is 4.79 Å². The van der Waals surface area contributed by atoms with Gasteiger partial charge in [-0.05, 0) is 49.4 Å². The summed E-state index contributed by atoms with van der Waals surface area (Å²) in [4.78, 5) is 20.5. The molecule has 0 spiro atoms. The summed E-state index contributed by atoms with van der Waals surface area (Å²) in [6, 6.07) is 7.41. The number of hydrogen-bond acceptors (Lipinski definition) is 6. The highest BCUT2D eigenvalue weighted by molar-refractivity contribution is 6.76. The molecule has 1 aliphatic carbocycles. The first-order chi connectivity index (χ1) is 17.0. The number of aromatic nitrogens is 5. The van der Waals surface area contributed by atoms with E-state index in [1.54, 1.807) is 24.1 Å². The molecule has 4 heterocycles. The number of nitrogens with zero attached hydrogens (tertiary/aromatic N) is 5. The van der Waals surface area contributed by atoms with Crippen LogP contribution in [0, 0.1) is 11.8 Å². The Hall–Kier alpha value is -3.26. The molecule has 36 heavy (non-hydrogen) atoms. The van der Waals surface area contributed by atoms with Gasteiger partial charge >= 0.3 is 0 Å². The smallest absolute Gasteiger partial charge is 0.268 e. The Balaban J connectivity index is 1.35. The van der Waals surface area contributed by atoms with Crippen LogP contribution in [0.4, 0.5) is 0 Å². The summed E-state index contributed by atoms with van der Waals surface area (Å²) in [5.74, 6) is 6.89. The molecule has 1 atom stereocenters. The Morgan fingerprint density at radius 2 is 2.11 bits per heavy atom. The third kappa shape index (κ3) is 4.87. The molecule has 3 N–H and O–H groups in total. The van der Waals surface area contributed by atoms with E-state index in [4.69, 9.17) is 10.5 Å². The van der Waals surface area contributed by atoms with Crippen molar-refractivity contribution in [3.8, 4) is 23.2 Å². The second-order valence-electron chi connectivity index (χ2n) is 11.1. The molecular weight excluding hydrogens is 472 g/mol. The molecule has 1 fully saturated rings. The highest BCUT2D eigenvalue weighted by Gasteiger charge is 2.39. The molecule has 3 aliphatic rings. The number of imidazole rings is 1. The van der Waals surface area contributed by atoms with Crippen molar-refractivity contribution in [2.45, 2.75) is 69.7 Å². The fourth-order valence-electron chi connectivity index (χ4n) is 4.61. The first-order valence-electron chi connectivity index (χ1n) is 12.3. The Morgan fingerprint density at radius 1 is 1.33 bits per heavy atom. The maximum atomic E-state index is 11.7. The SMILES string of the molecule is CC(O)(C#Cc1ccc2c(c1)-c1nc(C(N)=O)cn1C1CC2C1)c1ncn(COCC[Si](C)(C)C)n1. The van der Waals surface area contributed by atoms with Gasteiger partial charge in [0.15, 0.2) is 11.4 Å². The van der Waals surface area contributed by atoms with Gasteiger partial charge in [0.05, 0.1) is 0 Å². The van der Waals surface area contributed by atoms with Crippen molar-refractivity contribution in [2.24, 2.45) is 5.73 Å². The number of aliphatic hydroxyl groups is 1. The average molecular weight is 505 g/mol. The second kappa shape index (κ2) is 8.99. The van der Waals surface area contributed by atoms with Crippen molar-refractivity contribution < 1.29 is 14.6 Å². The predicted octanol–water partition coefficient (Wildman–Crippen LogP) is 3.24. The molecule has 1 aromatic carbocycles. The number of benzene rings is 1. The zero-order valence-electron chi connectivity index (χ0n) is 21.2. The molecule has 1 unspecified atom stereocenters. The first-order valence-corrected chi connectivity index (χ1v) is 16.0. The van der Waals surface area contributed by atoms with E-state index < -0.39 is 19.6 Å². The summed E-state index contributed by atoms with van der Waals surface area (Å²) in [5, 5.41) is 15.3. The van der Waals surface area contributed by atoms with Gasteiger partial charge in [-0.2, -0.15) is 0 Å². The quantitative estimate of drug-likeness (QED) is 0.289. The van der Waals surface area contributed by atoms with Crippen LogP contribution in [0.2, 0.25) is 25.7 Å². The number of primary amides is 1. The number of hydrogen-bond donors (Lipinski definition) is 2. The molecule has 1 saturated carbocycles. The number of ether oxygens (including phenoxy) is 1. The molecule has 2 bridgehead atoms. The van der Waals surface area contributed by atoms with Crippen LogP contribution < -0.4 is 5.73 Å². The third-order valence-corrected chi connectivity index (χ3v) is 8.57. The second-order valence-corrected chi connectivity index (χ2v) is 16.7. The molecule has 1 amide bonds. The van der Waals surface area contributed by atoms with Gasteiger partial charge in [0.25, 0.3) is 5.91 Å². The van der Waals surface area contributed by atoms with E-state index in [-0.39, 0.29) is 18.2 Å². The minimum Gasteiger partial charge on any atom is -0.371 e. The lowest BCUT2D eigenvalue weighted by Gasteiger charge is -2.34. The van der Waals surface area contributed by atoms with E-state index in [2.05, 4.69) is 57.2 Å². The Morgan fingerprint density at radius 3 is 2.83 bits per heavy atom. The highest BCUT2D eigenvalue weighted by atomic mass is 28.3. The molecule has 0 radical (unpaired) electrons. The predicted molar refractivity (Wildman–Crippen MR) is 138 cm³/mol. The standard InChI is InChI=1S/C26H32N6O3Si/c1-26(34,25-28-15-31(30-25)16-35-9-10-36(2,3)4)8-7-17-5-6-20-18-12-19(13-18)32-14-22(23(27)33)29-24(32)21(20)11-17/h5-6,11,14-15,18-19,34H,9-10,12-13,16H2,1-4H3,(H2,27,33). The molecule has 0 saturated heterocycles. The topological polar surface area (TPSA) is 121 Å². The fraction of sp³-hybridized carbons (Fsp3) is 0.462. The van der Waals surface area contributed by atoms with E-state index >= 15 is 0 Å². The van der Waals surface area contributed by atoms with Crippen molar-refractivity contribution >= 4 is 14.0 Å². The van der Waals surface area contributed by atoms with Crippen LogP contribution in [0.5, 0.6) is 0 Å². The van der Waals surface area contributed by atoms with Crippen LogP contribution in [0.3, 0.4) is 0 Å². The zero-order valence-corrected chi connectivity index (χ0v) is 22.2. The molecule has 6 rings (SSSR count). The third-order valence-electron chi connectivity index (χ3n) is 6.87. The largest absolute Gasteiger partial charge is 0.371 e. The fourth-order valence-corrected chi connectivity index (χ4v) is 5.37. The van der Waals surface area contributed by atoms with Gasteiger partial charge in [-0.15, -0.1) is 5.10 Å². The van der Waals surface area contributed by atoms with Crippen LogP contribution in [0.25, 0.3) is 11.4 Å². The summed E-state index contributed by atoms with van der Waals surface area (Å²) in [6.45, 7) is 9.46. The minimum atomic E-state index is -1.53. The Bertz CT molecular complexity index is 1370. The van der Waals surface area contributed by atoms with Crippen molar-refractivity contribution in [2.75, 3.05) is 6.61 Å². The van der Waals surface area contributed by atoms with Crippen molar-refractivity contribution in [1.82, 2.24) is 24.3 Å². The van der Waals surface area contributed by atoms with Crippen molar-refractivity contribution in [3.63, 3.8) is 0 Å². The summed E-state index contributed by atoms with van der Waals surface area (Å²) in [5.41, 5.74) is 7.13. The van der Waals surface area contributed by atoms with Crippen LogP contribution in [-0.4, -0.2) is 50.0 Å². The van der Waals surface area contributed by atoms with E-state index in [9.17, 15) is 9.90 Å². The summed E-state index contributed by atoms with van der Waals surface area (Å²) >= 11 is 0. The van der Waals surface area contributed by atoms with E-state index in [0.29, 0.717) is 18.6 Å². The summed E-state index contributed by atoms with van der Waals surface area (Å²) in [6.07, 6.45) is 5.34. The number of nitrogens with two attached hydrogens (primary N) is 1. The number of rotatable bonds is 7. The number of amides is 1. The molecule has 9 nitrogen and oxygen atoms in total. The van der Waals surface area contributed by atoms with Gasteiger partial charge in [0.2, 0.25) is 0 Å². The van der Waals surface area contributed by atoms with E-state index in [1.807, 2.05) is 12.1 Å². The number of carbonyl (C=O) groups excluding carboxylic acids is 1. The van der Waals surface area contributed by atoms with Gasteiger partial charge < -0.3 is 20.1 Å². The van der Waals surface area contributed by atoms with Gasteiger partial charge in [-0.1, -0.05) is 37.5 Å². The molecule has 2 aromatic heterocycles. The summed E-state index contributed by atoms with van der Waals surface area (Å²) < 4.78 is 9.35. The lowest BCUT2D eigenvalue weighted by atomic mass is 9.75. The molecule has 188 valence electrons. The maximum absolute atomic E-state index is 11.7. The maximum Gasteiger partial charge on any atom is 0.268 e. The molecule has 10 heteroatoms. The van der Waals surface area contributed by atoms with Gasteiger partial charge in [0.1, 0.15) is 24.6 Å². The Kier molecular flexibility index (Phi) is 6.10. The van der Waals surface area contributed by atoms with Crippen LogP contribution >= 0.6 is 0 Å². The lowest BCUT2D eigenvalue weighted by molar-refractivity contribution is 0.0745. The van der Waals surface area contributed by atoms with Crippen molar-refractivity contribution in [1.29, 1.82) is 0 Å². The first kappa shape index (κ1) is 24.4. The molecule has 3 aromatic rings. The van der Waals surface area contributed by atoms with Gasteiger partial charge in [0, 0.05) is 38.0 Å².